The number of amides is 1. The lowest BCUT2D eigenvalue weighted by atomic mass is 9.84. The highest BCUT2D eigenvalue weighted by Crippen LogP contribution is 2.34. The minimum Gasteiger partial charge on any atom is -0.333 e. The average molecular weight is 427 g/mol. The molecule has 1 heterocycles. The minimum atomic E-state index is -4.69. The summed E-state index contributed by atoms with van der Waals surface area (Å²) in [6, 6.07) is 22.6. The van der Waals surface area contributed by atoms with E-state index in [9.17, 15) is 22.0 Å². The van der Waals surface area contributed by atoms with Crippen molar-refractivity contribution in [3.63, 3.8) is 0 Å². The molecule has 0 fully saturated rings. The highest BCUT2D eigenvalue weighted by atomic mass is 32.2. The first-order valence-electron chi connectivity index (χ1n) is 9.42. The third kappa shape index (κ3) is 3.73. The molecule has 30 heavy (non-hydrogen) atoms. The van der Waals surface area contributed by atoms with Crippen molar-refractivity contribution >= 4 is 15.7 Å². The van der Waals surface area contributed by atoms with Gasteiger partial charge in [0.1, 0.15) is 0 Å². The lowest BCUT2D eigenvalue weighted by Crippen LogP contribution is -2.38. The monoisotopic (exact) mass is 427 g/mol. The van der Waals surface area contributed by atoms with Gasteiger partial charge in [-0.25, -0.2) is 8.42 Å². The Labute approximate surface area is 173 Å². The largest absolute Gasteiger partial charge is 0.341 e. The molecule has 1 atom stereocenters. The Balaban J connectivity index is 1.64. The zero-order valence-corrected chi connectivity index (χ0v) is 16.7. The molecule has 4 nitrogen and oxygen atoms in total. The number of carbonyl (C=O) groups excluding carboxylic acids is 1. The van der Waals surface area contributed by atoms with Gasteiger partial charge in [-0.1, -0.05) is 54.6 Å². The van der Waals surface area contributed by atoms with E-state index in [1.54, 1.807) is 4.90 Å². The molecule has 0 saturated carbocycles. The first-order chi connectivity index (χ1) is 14.4. The molecule has 4 rings (SSSR count). The summed E-state index contributed by atoms with van der Waals surface area (Å²) in [5, 5.41) is 0. The molecule has 1 unspecified atom stereocenters. The lowest BCUT2D eigenvalue weighted by Gasteiger charge is -2.35. The number of carbonyl (C=O) groups is 1. The lowest BCUT2D eigenvalue weighted by molar-refractivity contribution is 0.0725. The molecule has 3 aromatic rings. The summed E-state index contributed by atoms with van der Waals surface area (Å²) in [4.78, 5) is 14.3. The SMILES string of the molecule is O=C(c1ccc(S(=O)(=O)C(F)F)cc1)N1Cc2ccccc2C(c2ccccc2)C1. The van der Waals surface area contributed by atoms with Gasteiger partial charge in [0.25, 0.3) is 5.91 Å². The second-order valence-corrected chi connectivity index (χ2v) is 9.10. The Morgan fingerprint density at radius 2 is 1.53 bits per heavy atom. The van der Waals surface area contributed by atoms with E-state index in [0.717, 1.165) is 23.3 Å². The van der Waals surface area contributed by atoms with Crippen LogP contribution >= 0.6 is 0 Å². The zero-order chi connectivity index (χ0) is 21.3. The number of fused-ring (bicyclic) bond motifs is 1. The van der Waals surface area contributed by atoms with Crippen molar-refractivity contribution in [1.29, 1.82) is 0 Å². The van der Waals surface area contributed by atoms with Crippen LogP contribution in [0.4, 0.5) is 8.78 Å². The van der Waals surface area contributed by atoms with E-state index in [2.05, 4.69) is 6.07 Å². The van der Waals surface area contributed by atoms with E-state index >= 15 is 0 Å². The Morgan fingerprint density at radius 1 is 0.900 bits per heavy atom. The number of alkyl halides is 2. The van der Waals surface area contributed by atoms with Crippen molar-refractivity contribution < 1.29 is 22.0 Å². The predicted molar refractivity (Wildman–Crippen MR) is 109 cm³/mol. The number of benzene rings is 3. The van der Waals surface area contributed by atoms with Gasteiger partial charge in [-0.15, -0.1) is 0 Å². The highest BCUT2D eigenvalue weighted by Gasteiger charge is 2.30. The van der Waals surface area contributed by atoms with Crippen molar-refractivity contribution in [3.05, 3.63) is 101 Å². The molecule has 1 aliphatic heterocycles. The second-order valence-electron chi connectivity index (χ2n) is 7.18. The van der Waals surface area contributed by atoms with Gasteiger partial charge in [-0.05, 0) is 41.0 Å². The van der Waals surface area contributed by atoms with Crippen molar-refractivity contribution in [2.75, 3.05) is 6.54 Å². The minimum absolute atomic E-state index is 0.0126. The van der Waals surface area contributed by atoms with Crippen LogP contribution in [0.5, 0.6) is 0 Å². The quantitative estimate of drug-likeness (QED) is 0.617. The Kier molecular flexibility index (Phi) is 5.39. The van der Waals surface area contributed by atoms with Gasteiger partial charge in [0.05, 0.1) is 4.90 Å². The van der Waals surface area contributed by atoms with E-state index in [0.29, 0.717) is 13.1 Å². The highest BCUT2D eigenvalue weighted by molar-refractivity contribution is 7.91. The van der Waals surface area contributed by atoms with Gasteiger partial charge in [-0.2, -0.15) is 8.78 Å². The topological polar surface area (TPSA) is 54.5 Å². The third-order valence-electron chi connectivity index (χ3n) is 5.35. The molecule has 0 N–H and O–H groups in total. The number of nitrogens with zero attached hydrogens (tertiary/aromatic N) is 1. The van der Waals surface area contributed by atoms with Gasteiger partial charge < -0.3 is 4.90 Å². The number of hydrogen-bond donors (Lipinski definition) is 0. The van der Waals surface area contributed by atoms with Crippen LogP contribution in [0.25, 0.3) is 0 Å². The van der Waals surface area contributed by atoms with Crippen molar-refractivity contribution in [2.45, 2.75) is 23.1 Å². The average Bonchev–Trinajstić information content (AvgIpc) is 2.78. The summed E-state index contributed by atoms with van der Waals surface area (Å²) in [5.41, 5.74) is 3.57. The van der Waals surface area contributed by atoms with Crippen molar-refractivity contribution in [2.24, 2.45) is 0 Å². The molecule has 7 heteroatoms. The van der Waals surface area contributed by atoms with Crippen molar-refractivity contribution in [1.82, 2.24) is 4.90 Å². The van der Waals surface area contributed by atoms with Gasteiger partial charge in [0, 0.05) is 24.6 Å². The summed E-state index contributed by atoms with van der Waals surface area (Å²) in [6.45, 7) is 0.895. The van der Waals surface area contributed by atoms with Crippen LogP contribution in [0.2, 0.25) is 0 Å². The van der Waals surface area contributed by atoms with Crippen LogP contribution in [0.3, 0.4) is 0 Å². The normalized spacial score (nSPS) is 16.4. The smallest absolute Gasteiger partial charge is 0.333 e. The molecule has 0 saturated heterocycles. The van der Waals surface area contributed by atoms with Crippen LogP contribution in [-0.2, 0) is 16.4 Å². The Morgan fingerprint density at radius 3 is 2.20 bits per heavy atom. The maximum Gasteiger partial charge on any atom is 0.341 e. The first-order valence-corrected chi connectivity index (χ1v) is 11.0. The van der Waals surface area contributed by atoms with E-state index in [1.807, 2.05) is 48.5 Å². The molecule has 0 radical (unpaired) electrons. The summed E-state index contributed by atoms with van der Waals surface area (Å²) in [5.74, 6) is -3.76. The fourth-order valence-electron chi connectivity index (χ4n) is 3.80. The van der Waals surface area contributed by atoms with Gasteiger partial charge in [0.2, 0.25) is 9.84 Å². The fraction of sp³-hybridized carbons (Fsp3) is 0.174. The molecular formula is C23H19F2NO3S. The van der Waals surface area contributed by atoms with E-state index in [-0.39, 0.29) is 17.4 Å². The molecule has 0 aromatic heterocycles. The maximum atomic E-state index is 13.1. The molecular weight excluding hydrogens is 408 g/mol. The van der Waals surface area contributed by atoms with Crippen LogP contribution in [0.15, 0.2) is 83.8 Å². The van der Waals surface area contributed by atoms with Crippen LogP contribution in [0.1, 0.15) is 33.0 Å². The van der Waals surface area contributed by atoms with Gasteiger partial charge in [-0.3, -0.25) is 4.79 Å². The molecule has 3 aromatic carbocycles. The van der Waals surface area contributed by atoms with E-state index < -0.39 is 20.5 Å². The van der Waals surface area contributed by atoms with Gasteiger partial charge >= 0.3 is 5.76 Å². The second kappa shape index (κ2) is 7.99. The number of halogens is 2. The summed E-state index contributed by atoms with van der Waals surface area (Å²) >= 11 is 0. The molecule has 0 bridgehead atoms. The van der Waals surface area contributed by atoms with Crippen molar-refractivity contribution in [3.8, 4) is 0 Å². The maximum absolute atomic E-state index is 13.1. The zero-order valence-electron chi connectivity index (χ0n) is 15.9. The number of hydrogen-bond acceptors (Lipinski definition) is 3. The first kappa shape index (κ1) is 20.2. The van der Waals surface area contributed by atoms with E-state index in [4.69, 9.17) is 0 Å². The van der Waals surface area contributed by atoms with Crippen LogP contribution < -0.4 is 0 Å². The number of sulfone groups is 1. The third-order valence-corrected chi connectivity index (χ3v) is 6.75. The Bertz CT molecular complexity index is 1160. The molecule has 1 amide bonds. The molecule has 0 aliphatic carbocycles. The summed E-state index contributed by atoms with van der Waals surface area (Å²) < 4.78 is 48.7. The standard InChI is InChI=1S/C23H19F2NO3S/c24-23(25)30(28,29)19-12-10-17(11-13-19)22(27)26-14-18-8-4-5-9-20(18)21(15-26)16-6-2-1-3-7-16/h1-13,21,23H,14-15H2. The summed E-state index contributed by atoms with van der Waals surface area (Å²) in [7, 11) is -4.69. The molecule has 154 valence electrons. The molecule has 1 aliphatic rings. The summed E-state index contributed by atoms with van der Waals surface area (Å²) in [6.07, 6.45) is 0. The van der Waals surface area contributed by atoms with Crippen LogP contribution in [0, 0.1) is 0 Å². The molecule has 0 spiro atoms. The predicted octanol–water partition coefficient (Wildman–Crippen LogP) is 4.47. The van der Waals surface area contributed by atoms with Crippen LogP contribution in [-0.4, -0.2) is 31.5 Å². The van der Waals surface area contributed by atoms with E-state index in [1.165, 1.54) is 17.7 Å². The van der Waals surface area contributed by atoms with Gasteiger partial charge in [0.15, 0.2) is 0 Å². The number of rotatable bonds is 4. The Hall–Kier alpha value is -3.06. The fourth-order valence-corrected chi connectivity index (χ4v) is 4.53.